The zero-order valence-electron chi connectivity index (χ0n) is 20.4. The summed E-state index contributed by atoms with van der Waals surface area (Å²) in [6.07, 6.45) is 1.90. The number of amides is 2. The standard InChI is InChI=1S/C24H28N2O9S/c1-14(27)26-13-16-6-5-15-11-20(32-2)22(33-3)23(34-4)21(15)18-8-7-17(12-19(16)18)35-24(28)25-9-10-36(29,30)31/h7-8,11-13,16H,5-6,9-10H2,1-4H3,(H,25,28)(H,29,30,31). The molecule has 3 rings (SSSR count). The third-order valence-corrected chi connectivity index (χ3v) is 6.32. The lowest BCUT2D eigenvalue weighted by Crippen LogP contribution is -2.31. The smallest absolute Gasteiger partial charge is 0.412 e. The number of fused-ring (bicyclic) bond motifs is 3. The zero-order chi connectivity index (χ0) is 26.5. The third-order valence-electron chi connectivity index (χ3n) is 5.60. The van der Waals surface area contributed by atoms with Gasteiger partial charge >= 0.3 is 6.09 Å². The number of nitrogens with one attached hydrogen (secondary N) is 1. The summed E-state index contributed by atoms with van der Waals surface area (Å²) in [5.41, 5.74) is 3.25. The van der Waals surface area contributed by atoms with Gasteiger partial charge in [0.05, 0.1) is 27.1 Å². The van der Waals surface area contributed by atoms with Gasteiger partial charge in [-0.25, -0.2) is 9.79 Å². The van der Waals surface area contributed by atoms with Crippen LogP contribution in [-0.4, -0.2) is 64.8 Å². The van der Waals surface area contributed by atoms with E-state index in [0.29, 0.717) is 30.1 Å². The number of carbonyl (C=O) groups excluding carboxylic acids is 2. The van der Waals surface area contributed by atoms with E-state index in [2.05, 4.69) is 10.3 Å². The molecule has 1 atom stereocenters. The molecule has 0 spiro atoms. The second kappa shape index (κ2) is 11.4. The Morgan fingerprint density at radius 2 is 1.86 bits per heavy atom. The maximum Gasteiger partial charge on any atom is 0.412 e. The largest absolute Gasteiger partial charge is 0.493 e. The Balaban J connectivity index is 2.07. The second-order valence-corrected chi connectivity index (χ2v) is 9.55. The van der Waals surface area contributed by atoms with Gasteiger partial charge in [-0.1, -0.05) is 6.07 Å². The molecule has 0 radical (unpaired) electrons. The average molecular weight is 521 g/mol. The minimum atomic E-state index is -4.22. The zero-order valence-corrected chi connectivity index (χ0v) is 21.2. The molecule has 0 aliphatic heterocycles. The van der Waals surface area contributed by atoms with Crippen molar-refractivity contribution < 1.29 is 41.5 Å². The van der Waals surface area contributed by atoms with Crippen molar-refractivity contribution in [3.8, 4) is 34.1 Å². The summed E-state index contributed by atoms with van der Waals surface area (Å²) in [6.45, 7) is 1.04. The number of hydrogen-bond acceptors (Lipinski definition) is 8. The first kappa shape index (κ1) is 27.0. The van der Waals surface area contributed by atoms with Crippen LogP contribution in [0.1, 0.15) is 30.4 Å². The Labute approximate surface area is 209 Å². The van der Waals surface area contributed by atoms with E-state index < -0.39 is 22.0 Å². The van der Waals surface area contributed by atoms with Crippen LogP contribution in [0.5, 0.6) is 23.0 Å². The van der Waals surface area contributed by atoms with Gasteiger partial charge in [0, 0.05) is 31.2 Å². The van der Waals surface area contributed by atoms with Gasteiger partial charge in [0.25, 0.3) is 10.1 Å². The maximum absolute atomic E-state index is 12.2. The molecule has 0 saturated carbocycles. The number of ether oxygens (including phenoxy) is 4. The summed E-state index contributed by atoms with van der Waals surface area (Å²) >= 11 is 0. The van der Waals surface area contributed by atoms with Crippen molar-refractivity contribution in [2.45, 2.75) is 25.7 Å². The van der Waals surface area contributed by atoms with Gasteiger partial charge in [-0.2, -0.15) is 8.42 Å². The van der Waals surface area contributed by atoms with Crippen LogP contribution < -0.4 is 24.3 Å². The van der Waals surface area contributed by atoms with E-state index in [1.807, 2.05) is 6.07 Å². The molecular formula is C24H28N2O9S. The number of aryl methyl sites for hydroxylation is 1. The van der Waals surface area contributed by atoms with E-state index in [1.54, 1.807) is 31.5 Å². The Bertz CT molecular complexity index is 1290. The molecule has 36 heavy (non-hydrogen) atoms. The van der Waals surface area contributed by atoms with Crippen molar-refractivity contribution in [1.82, 2.24) is 5.32 Å². The molecule has 0 heterocycles. The fourth-order valence-corrected chi connectivity index (χ4v) is 4.44. The number of hydrogen-bond donors (Lipinski definition) is 2. The van der Waals surface area contributed by atoms with Gasteiger partial charge in [-0.3, -0.25) is 9.35 Å². The fraction of sp³-hybridized carbons (Fsp3) is 0.375. The van der Waals surface area contributed by atoms with Crippen molar-refractivity contribution in [1.29, 1.82) is 0 Å². The summed E-state index contributed by atoms with van der Waals surface area (Å²) in [4.78, 5) is 27.7. The van der Waals surface area contributed by atoms with Crippen LogP contribution in [0.15, 0.2) is 29.3 Å². The predicted octanol–water partition coefficient (Wildman–Crippen LogP) is 3.00. The lowest BCUT2D eigenvalue weighted by Gasteiger charge is -2.20. The van der Waals surface area contributed by atoms with E-state index >= 15 is 0 Å². The first-order valence-corrected chi connectivity index (χ1v) is 12.6. The van der Waals surface area contributed by atoms with E-state index in [1.165, 1.54) is 21.1 Å². The monoisotopic (exact) mass is 520 g/mol. The highest BCUT2D eigenvalue weighted by Crippen LogP contribution is 2.51. The van der Waals surface area contributed by atoms with E-state index in [9.17, 15) is 18.0 Å². The molecule has 11 nitrogen and oxygen atoms in total. The number of benzene rings is 2. The SMILES string of the molecule is COc1cc2c(c(OC)c1OC)-c1ccc(OC(=O)NCCS(=O)(=O)O)cc1C(C=NC(C)=O)CC2. The maximum atomic E-state index is 12.2. The molecule has 2 aromatic rings. The molecule has 194 valence electrons. The Morgan fingerprint density at radius 1 is 1.14 bits per heavy atom. The number of carbonyl (C=O) groups is 2. The highest BCUT2D eigenvalue weighted by atomic mass is 32.2. The average Bonchev–Trinajstić information content (AvgIpc) is 2.96. The van der Waals surface area contributed by atoms with E-state index in [4.69, 9.17) is 23.5 Å². The highest BCUT2D eigenvalue weighted by molar-refractivity contribution is 7.85. The lowest BCUT2D eigenvalue weighted by molar-refractivity contribution is -0.115. The fourth-order valence-electron chi connectivity index (χ4n) is 4.08. The molecular weight excluding hydrogens is 492 g/mol. The first-order valence-electron chi connectivity index (χ1n) is 11.0. The molecule has 2 aromatic carbocycles. The van der Waals surface area contributed by atoms with Crippen LogP contribution in [-0.2, 0) is 21.3 Å². The molecule has 0 fully saturated rings. The molecule has 1 unspecified atom stereocenters. The molecule has 1 aliphatic rings. The van der Waals surface area contributed by atoms with Crippen molar-refractivity contribution in [3.63, 3.8) is 0 Å². The van der Waals surface area contributed by atoms with Gasteiger partial charge in [0.15, 0.2) is 11.5 Å². The number of nitrogens with zero attached hydrogens (tertiary/aromatic N) is 1. The van der Waals surface area contributed by atoms with Crippen LogP contribution in [0.25, 0.3) is 11.1 Å². The lowest BCUT2D eigenvalue weighted by atomic mass is 9.91. The minimum Gasteiger partial charge on any atom is -0.493 e. The first-order chi connectivity index (χ1) is 17.1. The number of methoxy groups -OCH3 is 3. The molecule has 0 bridgehead atoms. The summed E-state index contributed by atoms with van der Waals surface area (Å²) in [5.74, 6) is 0.355. The molecule has 12 heteroatoms. The summed E-state index contributed by atoms with van der Waals surface area (Å²) in [5, 5.41) is 2.27. The van der Waals surface area contributed by atoms with Crippen LogP contribution in [0, 0.1) is 0 Å². The second-order valence-electron chi connectivity index (χ2n) is 7.97. The third kappa shape index (κ3) is 6.32. The van der Waals surface area contributed by atoms with Crippen molar-refractivity contribution in [2.24, 2.45) is 4.99 Å². The molecule has 0 saturated heterocycles. The van der Waals surface area contributed by atoms with Crippen molar-refractivity contribution in [2.75, 3.05) is 33.6 Å². The summed E-state index contributed by atoms with van der Waals surface area (Å²) in [7, 11) is 0.375. The predicted molar refractivity (Wildman–Crippen MR) is 132 cm³/mol. The minimum absolute atomic E-state index is 0.197. The van der Waals surface area contributed by atoms with Crippen molar-refractivity contribution >= 4 is 28.3 Å². The van der Waals surface area contributed by atoms with Crippen LogP contribution in [0.4, 0.5) is 4.79 Å². The number of rotatable bonds is 8. The number of aliphatic imine (C=N–C) groups is 1. The van der Waals surface area contributed by atoms with E-state index in [0.717, 1.165) is 22.3 Å². The molecule has 2 N–H and O–H groups in total. The Hall–Kier alpha value is -3.64. The molecule has 0 aromatic heterocycles. The summed E-state index contributed by atoms with van der Waals surface area (Å²) < 4.78 is 52.6. The molecule has 2 amide bonds. The van der Waals surface area contributed by atoms with Gasteiger partial charge in [-0.15, -0.1) is 0 Å². The van der Waals surface area contributed by atoms with Crippen LogP contribution >= 0.6 is 0 Å². The van der Waals surface area contributed by atoms with Crippen LogP contribution in [0.3, 0.4) is 0 Å². The Morgan fingerprint density at radius 3 is 2.47 bits per heavy atom. The normalized spacial score (nSPS) is 14.9. The Kier molecular flexibility index (Phi) is 8.53. The van der Waals surface area contributed by atoms with Gasteiger partial charge in [0.1, 0.15) is 5.75 Å². The quantitative estimate of drug-likeness (QED) is 0.395. The summed E-state index contributed by atoms with van der Waals surface area (Å²) in [6, 6.07) is 6.91. The molecule has 1 aliphatic carbocycles. The van der Waals surface area contributed by atoms with Gasteiger partial charge in [-0.05, 0) is 47.7 Å². The van der Waals surface area contributed by atoms with E-state index in [-0.39, 0.29) is 24.1 Å². The van der Waals surface area contributed by atoms with Crippen LogP contribution in [0.2, 0.25) is 0 Å². The topological polar surface area (TPSA) is 150 Å². The van der Waals surface area contributed by atoms with Gasteiger partial charge < -0.3 is 24.3 Å². The highest BCUT2D eigenvalue weighted by Gasteiger charge is 2.29. The van der Waals surface area contributed by atoms with Gasteiger partial charge in [0.2, 0.25) is 11.7 Å². The van der Waals surface area contributed by atoms with Crippen molar-refractivity contribution in [3.05, 3.63) is 35.4 Å².